The van der Waals surface area contributed by atoms with Gasteiger partial charge in [-0.1, -0.05) is 6.07 Å². The molecule has 1 aromatic rings. The molecular weight excluding hydrogens is 304 g/mol. The molecule has 0 N–H and O–H groups in total. The largest absolute Gasteiger partial charge is 0.478 e. The zero-order valence-electron chi connectivity index (χ0n) is 15.4. The normalized spacial score (nSPS) is 16.1. The van der Waals surface area contributed by atoms with Gasteiger partial charge in [0.25, 0.3) is 0 Å². The fourth-order valence-corrected chi connectivity index (χ4v) is 2.82. The third-order valence-electron chi connectivity index (χ3n) is 4.16. The Morgan fingerprint density at radius 3 is 2.58 bits per heavy atom. The fraction of sp³-hybridized carbons (Fsp3) is 0.684. The van der Waals surface area contributed by atoms with Crippen LogP contribution in [0.25, 0.3) is 0 Å². The van der Waals surface area contributed by atoms with E-state index in [0.29, 0.717) is 18.4 Å². The first-order valence-electron chi connectivity index (χ1n) is 8.87. The van der Waals surface area contributed by atoms with Crippen molar-refractivity contribution in [2.75, 3.05) is 19.7 Å². The van der Waals surface area contributed by atoms with Crippen molar-refractivity contribution >= 4 is 6.09 Å². The number of rotatable bonds is 5. The van der Waals surface area contributed by atoms with Crippen LogP contribution in [0.3, 0.4) is 0 Å². The van der Waals surface area contributed by atoms with E-state index < -0.39 is 5.60 Å². The lowest BCUT2D eigenvalue weighted by atomic mass is 9.92. The van der Waals surface area contributed by atoms with Gasteiger partial charge in [0, 0.05) is 25.4 Å². The molecule has 0 bridgehead atoms. The predicted molar refractivity (Wildman–Crippen MR) is 94.2 cm³/mol. The molecule has 0 aromatic carbocycles. The summed E-state index contributed by atoms with van der Waals surface area (Å²) in [4.78, 5) is 18.1. The molecule has 24 heavy (non-hydrogen) atoms. The molecule has 1 aliphatic heterocycles. The SMILES string of the molecule is Cc1ccc(OCCCC2CCN(C(=O)OC(C)(C)C)CC2)nc1. The molecule has 1 saturated heterocycles. The van der Waals surface area contributed by atoms with Crippen LogP contribution in [0.4, 0.5) is 4.79 Å². The molecule has 1 aliphatic rings. The van der Waals surface area contributed by atoms with E-state index >= 15 is 0 Å². The molecule has 5 heteroatoms. The van der Waals surface area contributed by atoms with Gasteiger partial charge in [0.1, 0.15) is 5.60 Å². The van der Waals surface area contributed by atoms with Gasteiger partial charge in [0.15, 0.2) is 0 Å². The van der Waals surface area contributed by atoms with Gasteiger partial charge < -0.3 is 14.4 Å². The summed E-state index contributed by atoms with van der Waals surface area (Å²) in [5.41, 5.74) is 0.717. The maximum atomic E-state index is 12.0. The first-order valence-corrected chi connectivity index (χ1v) is 8.87. The Hall–Kier alpha value is -1.78. The second-order valence-electron chi connectivity index (χ2n) is 7.58. The maximum absolute atomic E-state index is 12.0. The number of hydrogen-bond donors (Lipinski definition) is 0. The van der Waals surface area contributed by atoms with Crippen molar-refractivity contribution < 1.29 is 14.3 Å². The van der Waals surface area contributed by atoms with Crippen molar-refractivity contribution in [3.05, 3.63) is 23.9 Å². The number of piperidine rings is 1. The molecule has 0 radical (unpaired) electrons. The highest BCUT2D eigenvalue weighted by atomic mass is 16.6. The molecule has 0 spiro atoms. The van der Waals surface area contributed by atoms with Crippen molar-refractivity contribution in [2.45, 2.75) is 59.0 Å². The molecule has 5 nitrogen and oxygen atoms in total. The van der Waals surface area contributed by atoms with Crippen LogP contribution in [0.15, 0.2) is 18.3 Å². The van der Waals surface area contributed by atoms with E-state index in [1.54, 1.807) is 0 Å². The van der Waals surface area contributed by atoms with Crippen molar-refractivity contribution in [1.82, 2.24) is 9.88 Å². The maximum Gasteiger partial charge on any atom is 0.410 e. The number of pyridine rings is 1. The summed E-state index contributed by atoms with van der Waals surface area (Å²) in [6.07, 6.45) is 5.88. The van der Waals surface area contributed by atoms with Crippen molar-refractivity contribution in [3.63, 3.8) is 0 Å². The topological polar surface area (TPSA) is 51.7 Å². The van der Waals surface area contributed by atoms with Crippen LogP contribution in [0.5, 0.6) is 5.88 Å². The standard InChI is InChI=1S/C19H30N2O3/c1-15-7-8-17(20-14-15)23-13-5-6-16-9-11-21(12-10-16)18(22)24-19(2,3)4/h7-8,14,16H,5-6,9-13H2,1-4H3. The number of aromatic nitrogens is 1. The number of ether oxygens (including phenoxy) is 2. The smallest absolute Gasteiger partial charge is 0.410 e. The van der Waals surface area contributed by atoms with E-state index in [-0.39, 0.29) is 6.09 Å². The molecule has 0 atom stereocenters. The Balaban J connectivity index is 1.61. The molecule has 0 saturated carbocycles. The van der Waals surface area contributed by atoms with Crippen LogP contribution < -0.4 is 4.74 Å². The number of nitrogens with zero attached hydrogens (tertiary/aromatic N) is 2. The van der Waals surface area contributed by atoms with E-state index in [2.05, 4.69) is 4.98 Å². The average molecular weight is 334 g/mol. The first-order chi connectivity index (χ1) is 11.3. The minimum Gasteiger partial charge on any atom is -0.478 e. The summed E-state index contributed by atoms with van der Waals surface area (Å²) in [6.45, 7) is 10.0. The first kappa shape index (κ1) is 18.6. The minimum atomic E-state index is -0.421. The van der Waals surface area contributed by atoms with Gasteiger partial charge in [0.05, 0.1) is 6.61 Å². The summed E-state index contributed by atoms with van der Waals surface area (Å²) in [5.74, 6) is 1.36. The quantitative estimate of drug-likeness (QED) is 0.757. The molecule has 1 fully saturated rings. The molecule has 1 aromatic heterocycles. The molecule has 0 aliphatic carbocycles. The Kier molecular flexibility index (Phi) is 6.46. The number of hydrogen-bond acceptors (Lipinski definition) is 4. The third-order valence-corrected chi connectivity index (χ3v) is 4.16. The molecule has 134 valence electrons. The highest BCUT2D eigenvalue weighted by Gasteiger charge is 2.26. The van der Waals surface area contributed by atoms with Crippen molar-refractivity contribution in [3.8, 4) is 5.88 Å². The van der Waals surface area contributed by atoms with Gasteiger partial charge in [-0.05, 0) is 64.9 Å². The summed E-state index contributed by atoms with van der Waals surface area (Å²) < 4.78 is 11.1. The van der Waals surface area contributed by atoms with Crippen molar-refractivity contribution in [1.29, 1.82) is 0 Å². The second kappa shape index (κ2) is 8.36. The number of aryl methyl sites for hydroxylation is 1. The van der Waals surface area contributed by atoms with Gasteiger partial charge in [-0.2, -0.15) is 0 Å². The van der Waals surface area contributed by atoms with Gasteiger partial charge in [-0.25, -0.2) is 9.78 Å². The lowest BCUT2D eigenvalue weighted by Gasteiger charge is -2.33. The van der Waals surface area contributed by atoms with Gasteiger partial charge in [0.2, 0.25) is 5.88 Å². The lowest BCUT2D eigenvalue weighted by Crippen LogP contribution is -2.41. The average Bonchev–Trinajstić information content (AvgIpc) is 2.52. The van der Waals surface area contributed by atoms with Gasteiger partial charge in [-0.3, -0.25) is 0 Å². The molecule has 0 unspecified atom stereocenters. The van der Waals surface area contributed by atoms with Crippen LogP contribution in [0.1, 0.15) is 52.0 Å². The summed E-state index contributed by atoms with van der Waals surface area (Å²) >= 11 is 0. The fourth-order valence-electron chi connectivity index (χ4n) is 2.82. The van der Waals surface area contributed by atoms with E-state index in [0.717, 1.165) is 44.3 Å². The van der Waals surface area contributed by atoms with Gasteiger partial charge in [-0.15, -0.1) is 0 Å². The van der Waals surface area contributed by atoms with E-state index in [4.69, 9.17) is 9.47 Å². The Labute approximate surface area is 145 Å². The summed E-state index contributed by atoms with van der Waals surface area (Å²) in [5, 5.41) is 0. The minimum absolute atomic E-state index is 0.185. The second-order valence-corrected chi connectivity index (χ2v) is 7.58. The Morgan fingerprint density at radius 2 is 2.00 bits per heavy atom. The number of carbonyl (C=O) groups excluding carboxylic acids is 1. The summed E-state index contributed by atoms with van der Waals surface area (Å²) in [6, 6.07) is 3.92. The zero-order valence-corrected chi connectivity index (χ0v) is 15.4. The monoisotopic (exact) mass is 334 g/mol. The lowest BCUT2D eigenvalue weighted by molar-refractivity contribution is 0.0179. The molecule has 2 heterocycles. The molecular formula is C19H30N2O3. The van der Waals surface area contributed by atoms with Crippen LogP contribution in [0, 0.1) is 12.8 Å². The van der Waals surface area contributed by atoms with E-state index in [1.165, 1.54) is 0 Å². The van der Waals surface area contributed by atoms with Crippen LogP contribution in [-0.4, -0.2) is 41.3 Å². The number of amides is 1. The number of likely N-dealkylation sites (tertiary alicyclic amines) is 1. The van der Waals surface area contributed by atoms with Gasteiger partial charge >= 0.3 is 6.09 Å². The van der Waals surface area contributed by atoms with E-state index in [1.807, 2.05) is 50.9 Å². The predicted octanol–water partition coefficient (Wildman–Crippen LogP) is 4.20. The van der Waals surface area contributed by atoms with Crippen molar-refractivity contribution in [2.24, 2.45) is 5.92 Å². The highest BCUT2D eigenvalue weighted by molar-refractivity contribution is 5.68. The van der Waals surface area contributed by atoms with Crippen LogP contribution >= 0.6 is 0 Å². The highest BCUT2D eigenvalue weighted by Crippen LogP contribution is 2.23. The van der Waals surface area contributed by atoms with Crippen LogP contribution in [0.2, 0.25) is 0 Å². The zero-order chi connectivity index (χ0) is 17.6. The molecule has 2 rings (SSSR count). The summed E-state index contributed by atoms with van der Waals surface area (Å²) in [7, 11) is 0. The van der Waals surface area contributed by atoms with E-state index in [9.17, 15) is 4.79 Å². The molecule has 1 amide bonds. The Morgan fingerprint density at radius 1 is 1.29 bits per heavy atom. The van der Waals surface area contributed by atoms with Crippen LogP contribution in [-0.2, 0) is 4.74 Å². The number of carbonyl (C=O) groups is 1. The Bertz CT molecular complexity index is 514. The third kappa shape index (κ3) is 6.38.